The van der Waals surface area contributed by atoms with E-state index in [0.29, 0.717) is 11.9 Å². The highest BCUT2D eigenvalue weighted by molar-refractivity contribution is 5.93. The Morgan fingerprint density at radius 1 is 1.16 bits per heavy atom. The molecular formula is C21H27N3O. The number of carbonyl (C=O) groups excluding carboxylic acids is 1. The molecule has 2 heterocycles. The Labute approximate surface area is 149 Å². The molecule has 1 unspecified atom stereocenters. The summed E-state index contributed by atoms with van der Waals surface area (Å²) in [7, 11) is 0. The molecule has 1 saturated heterocycles. The number of benzene rings is 1. The van der Waals surface area contributed by atoms with E-state index in [1.807, 2.05) is 12.3 Å². The molecule has 132 valence electrons. The molecule has 1 atom stereocenters. The first-order valence-corrected chi connectivity index (χ1v) is 9.62. The molecule has 1 saturated carbocycles. The minimum Gasteiger partial charge on any atom is -0.380 e. The van der Waals surface area contributed by atoms with Gasteiger partial charge in [0, 0.05) is 42.3 Å². The van der Waals surface area contributed by atoms with Crippen LogP contribution in [0.25, 0.3) is 10.9 Å². The first kappa shape index (κ1) is 16.4. The first-order chi connectivity index (χ1) is 12.2. The highest BCUT2D eigenvalue weighted by Crippen LogP contribution is 2.29. The number of pyridine rings is 1. The van der Waals surface area contributed by atoms with E-state index in [4.69, 9.17) is 0 Å². The minimum absolute atomic E-state index is 0.275. The van der Waals surface area contributed by atoms with Crippen LogP contribution in [-0.4, -0.2) is 34.9 Å². The van der Waals surface area contributed by atoms with E-state index in [1.165, 1.54) is 30.2 Å². The fourth-order valence-electron chi connectivity index (χ4n) is 4.36. The molecule has 1 aromatic carbocycles. The molecule has 1 aliphatic heterocycles. The topological polar surface area (TPSA) is 45.2 Å². The maximum Gasteiger partial charge on any atom is 0.225 e. The van der Waals surface area contributed by atoms with Crippen LogP contribution in [0.2, 0.25) is 0 Å². The zero-order chi connectivity index (χ0) is 17.2. The third kappa shape index (κ3) is 3.35. The predicted molar refractivity (Wildman–Crippen MR) is 102 cm³/mol. The van der Waals surface area contributed by atoms with Crippen molar-refractivity contribution < 1.29 is 4.79 Å². The van der Waals surface area contributed by atoms with Gasteiger partial charge >= 0.3 is 0 Å². The van der Waals surface area contributed by atoms with Crippen molar-refractivity contribution in [2.75, 3.05) is 18.4 Å². The molecule has 4 rings (SSSR count). The summed E-state index contributed by atoms with van der Waals surface area (Å²) in [5, 5.41) is 4.83. The first-order valence-electron chi connectivity index (χ1n) is 9.62. The molecule has 1 N–H and O–H groups in total. The molecule has 0 spiro atoms. The summed E-state index contributed by atoms with van der Waals surface area (Å²) >= 11 is 0. The quantitative estimate of drug-likeness (QED) is 0.916. The molecule has 4 nitrogen and oxygen atoms in total. The number of likely N-dealkylation sites (tertiary alicyclic amines) is 1. The van der Waals surface area contributed by atoms with E-state index in [0.717, 1.165) is 43.6 Å². The zero-order valence-corrected chi connectivity index (χ0v) is 15.0. The van der Waals surface area contributed by atoms with E-state index >= 15 is 0 Å². The van der Waals surface area contributed by atoms with Crippen LogP contribution in [0.5, 0.6) is 0 Å². The Bertz CT molecular complexity index is 767. The SMILES string of the molecule is Cc1cccc2c(NC3CCN(C(=O)C4CCCCC4)C3)ccnc12. The van der Waals surface area contributed by atoms with E-state index in [1.54, 1.807) is 0 Å². The molecule has 2 aliphatic rings. The van der Waals surface area contributed by atoms with Crippen LogP contribution in [0.3, 0.4) is 0 Å². The fraction of sp³-hybridized carbons (Fsp3) is 0.524. The van der Waals surface area contributed by atoms with Crippen LogP contribution in [-0.2, 0) is 4.79 Å². The molecule has 1 aliphatic carbocycles. The molecule has 0 bridgehead atoms. The summed E-state index contributed by atoms with van der Waals surface area (Å²) in [5.74, 6) is 0.663. The lowest BCUT2D eigenvalue weighted by atomic mass is 9.88. The summed E-state index contributed by atoms with van der Waals surface area (Å²) < 4.78 is 0. The molecular weight excluding hydrogens is 310 g/mol. The van der Waals surface area contributed by atoms with Gasteiger partial charge in [0.1, 0.15) is 0 Å². The van der Waals surface area contributed by atoms with Crippen molar-refractivity contribution in [2.24, 2.45) is 5.92 Å². The highest BCUT2D eigenvalue weighted by Gasteiger charge is 2.31. The lowest BCUT2D eigenvalue weighted by molar-refractivity contribution is -0.135. The Kier molecular flexibility index (Phi) is 4.60. The van der Waals surface area contributed by atoms with Crippen LogP contribution in [0.1, 0.15) is 44.1 Å². The Morgan fingerprint density at radius 3 is 2.84 bits per heavy atom. The van der Waals surface area contributed by atoms with Gasteiger partial charge in [0.25, 0.3) is 0 Å². The van der Waals surface area contributed by atoms with Gasteiger partial charge < -0.3 is 10.2 Å². The summed E-state index contributed by atoms with van der Waals surface area (Å²) in [4.78, 5) is 19.3. The van der Waals surface area contributed by atoms with Gasteiger partial charge in [-0.15, -0.1) is 0 Å². The van der Waals surface area contributed by atoms with Gasteiger partial charge in [-0.3, -0.25) is 9.78 Å². The number of aryl methyl sites for hydroxylation is 1. The molecule has 0 radical (unpaired) electrons. The summed E-state index contributed by atoms with van der Waals surface area (Å²) in [6, 6.07) is 8.68. The lowest BCUT2D eigenvalue weighted by Crippen LogP contribution is -2.36. The number of nitrogens with zero attached hydrogens (tertiary/aromatic N) is 2. The van der Waals surface area contributed by atoms with Crippen molar-refractivity contribution in [1.82, 2.24) is 9.88 Å². The van der Waals surface area contributed by atoms with Gasteiger partial charge in [-0.05, 0) is 37.8 Å². The number of fused-ring (bicyclic) bond motifs is 1. The highest BCUT2D eigenvalue weighted by atomic mass is 16.2. The van der Waals surface area contributed by atoms with Crippen molar-refractivity contribution in [3.63, 3.8) is 0 Å². The average molecular weight is 337 g/mol. The van der Waals surface area contributed by atoms with Crippen LogP contribution >= 0.6 is 0 Å². The van der Waals surface area contributed by atoms with Crippen LogP contribution in [0.4, 0.5) is 5.69 Å². The van der Waals surface area contributed by atoms with Gasteiger partial charge in [0.15, 0.2) is 0 Å². The number of carbonyl (C=O) groups is 1. The number of aromatic nitrogens is 1. The smallest absolute Gasteiger partial charge is 0.225 e. The van der Waals surface area contributed by atoms with Crippen molar-refractivity contribution in [1.29, 1.82) is 0 Å². The second kappa shape index (κ2) is 7.03. The normalized spacial score (nSPS) is 21.6. The van der Waals surface area contributed by atoms with Crippen LogP contribution in [0.15, 0.2) is 30.5 Å². The number of amides is 1. The third-order valence-corrected chi connectivity index (χ3v) is 5.79. The van der Waals surface area contributed by atoms with E-state index in [-0.39, 0.29) is 5.92 Å². The lowest BCUT2D eigenvalue weighted by Gasteiger charge is -2.26. The van der Waals surface area contributed by atoms with E-state index in [9.17, 15) is 4.79 Å². The van der Waals surface area contributed by atoms with Crippen molar-refractivity contribution in [2.45, 2.75) is 51.5 Å². The summed E-state index contributed by atoms with van der Waals surface area (Å²) in [6.07, 6.45) is 8.79. The fourth-order valence-corrected chi connectivity index (χ4v) is 4.36. The minimum atomic E-state index is 0.275. The van der Waals surface area contributed by atoms with E-state index in [2.05, 4.69) is 40.3 Å². The number of para-hydroxylation sites is 1. The van der Waals surface area contributed by atoms with Crippen molar-refractivity contribution >= 4 is 22.5 Å². The molecule has 4 heteroatoms. The maximum atomic E-state index is 12.7. The molecule has 2 fully saturated rings. The summed E-state index contributed by atoms with van der Waals surface area (Å²) in [6.45, 7) is 3.80. The number of nitrogens with one attached hydrogen (secondary N) is 1. The molecule has 1 amide bonds. The van der Waals surface area contributed by atoms with Gasteiger partial charge in [0.2, 0.25) is 5.91 Å². The average Bonchev–Trinajstić information content (AvgIpc) is 3.11. The van der Waals surface area contributed by atoms with Crippen LogP contribution in [0, 0.1) is 12.8 Å². The van der Waals surface area contributed by atoms with Crippen molar-refractivity contribution in [3.8, 4) is 0 Å². The van der Waals surface area contributed by atoms with E-state index < -0.39 is 0 Å². The largest absolute Gasteiger partial charge is 0.380 e. The standard InChI is InChI=1S/C21H27N3O/c1-15-6-5-9-18-19(10-12-22-20(15)18)23-17-11-13-24(14-17)21(25)16-7-3-2-4-8-16/h5-6,9-10,12,16-17H,2-4,7-8,11,13-14H2,1H3,(H,22,23). The zero-order valence-electron chi connectivity index (χ0n) is 15.0. The molecule has 25 heavy (non-hydrogen) atoms. The monoisotopic (exact) mass is 337 g/mol. The second-order valence-corrected chi connectivity index (χ2v) is 7.58. The van der Waals surface area contributed by atoms with Gasteiger partial charge in [-0.1, -0.05) is 37.5 Å². The molecule has 2 aromatic rings. The Hall–Kier alpha value is -2.10. The Morgan fingerprint density at radius 2 is 2.00 bits per heavy atom. The summed E-state index contributed by atoms with van der Waals surface area (Å²) in [5.41, 5.74) is 3.38. The number of hydrogen-bond donors (Lipinski definition) is 1. The van der Waals surface area contributed by atoms with Gasteiger partial charge in [-0.25, -0.2) is 0 Å². The maximum absolute atomic E-state index is 12.7. The van der Waals surface area contributed by atoms with Gasteiger partial charge in [-0.2, -0.15) is 0 Å². The third-order valence-electron chi connectivity index (χ3n) is 5.79. The number of rotatable bonds is 3. The number of anilines is 1. The van der Waals surface area contributed by atoms with Gasteiger partial charge in [0.05, 0.1) is 5.52 Å². The predicted octanol–water partition coefficient (Wildman–Crippen LogP) is 4.14. The van der Waals surface area contributed by atoms with Crippen LogP contribution < -0.4 is 5.32 Å². The second-order valence-electron chi connectivity index (χ2n) is 7.58. The number of hydrogen-bond acceptors (Lipinski definition) is 3. The Balaban J connectivity index is 1.45. The molecule has 1 aromatic heterocycles. The van der Waals surface area contributed by atoms with Crippen molar-refractivity contribution in [3.05, 3.63) is 36.0 Å².